The molecular formula is C11H11NO4. The van der Waals surface area contributed by atoms with Crippen LogP contribution in [0.3, 0.4) is 0 Å². The van der Waals surface area contributed by atoms with Crippen molar-refractivity contribution in [1.82, 2.24) is 0 Å². The van der Waals surface area contributed by atoms with Crippen LogP contribution in [0.1, 0.15) is 12.8 Å². The number of hydrogen-bond acceptors (Lipinski definition) is 5. The molecule has 0 amide bonds. The predicted molar refractivity (Wildman–Crippen MR) is 51.8 cm³/mol. The van der Waals surface area contributed by atoms with Gasteiger partial charge in [0.25, 0.3) is 0 Å². The molecule has 0 aromatic carbocycles. The number of carbonyl (C=O) groups is 2. The second-order valence-corrected chi connectivity index (χ2v) is 3.98. The van der Waals surface area contributed by atoms with Crippen LogP contribution in [0.2, 0.25) is 0 Å². The molecule has 0 aromatic heterocycles. The number of rotatable bonds is 2. The maximum atomic E-state index is 11.3. The zero-order valence-corrected chi connectivity index (χ0v) is 8.59. The summed E-state index contributed by atoms with van der Waals surface area (Å²) < 4.78 is 10.1. The normalized spacial score (nSPS) is 36.1. The van der Waals surface area contributed by atoms with Crippen molar-refractivity contribution in [3.8, 4) is 6.07 Å². The lowest BCUT2D eigenvalue weighted by molar-refractivity contribution is -0.158. The highest BCUT2D eigenvalue weighted by Gasteiger charge is 2.50. The first kappa shape index (κ1) is 10.7. The van der Waals surface area contributed by atoms with E-state index in [1.807, 2.05) is 0 Å². The summed E-state index contributed by atoms with van der Waals surface area (Å²) in [5.41, 5.74) is 0. The third kappa shape index (κ3) is 1.67. The highest BCUT2D eigenvalue weighted by molar-refractivity contribution is 5.81. The van der Waals surface area contributed by atoms with Crippen LogP contribution >= 0.6 is 0 Å². The second-order valence-electron chi connectivity index (χ2n) is 3.98. The van der Waals surface area contributed by atoms with E-state index in [0.717, 1.165) is 6.08 Å². The summed E-state index contributed by atoms with van der Waals surface area (Å²) in [6, 6.07) is 2.06. The number of nitriles is 1. The third-order valence-electron chi connectivity index (χ3n) is 3.00. The summed E-state index contributed by atoms with van der Waals surface area (Å²) in [5, 5.41) is 8.96. The molecule has 1 heterocycles. The molecule has 5 heteroatoms. The van der Waals surface area contributed by atoms with Crippen molar-refractivity contribution in [2.45, 2.75) is 25.0 Å². The van der Waals surface area contributed by atoms with Gasteiger partial charge in [-0.3, -0.25) is 4.79 Å². The van der Waals surface area contributed by atoms with E-state index in [4.69, 9.17) is 14.7 Å². The van der Waals surface area contributed by atoms with E-state index in [1.165, 1.54) is 0 Å². The summed E-state index contributed by atoms with van der Waals surface area (Å²) in [6.07, 6.45) is 0.850. The zero-order chi connectivity index (χ0) is 11.7. The quantitative estimate of drug-likeness (QED) is 0.503. The van der Waals surface area contributed by atoms with Crippen LogP contribution in [0.25, 0.3) is 0 Å². The van der Waals surface area contributed by atoms with Crippen LogP contribution in [-0.4, -0.2) is 24.1 Å². The van der Waals surface area contributed by atoms with Crippen molar-refractivity contribution in [1.29, 1.82) is 5.26 Å². The fraction of sp³-hybridized carbons (Fsp3) is 0.545. The van der Waals surface area contributed by atoms with Gasteiger partial charge in [-0.05, 0) is 6.42 Å². The van der Waals surface area contributed by atoms with E-state index in [1.54, 1.807) is 0 Å². The number of hydrogen-bond donors (Lipinski definition) is 0. The molecule has 16 heavy (non-hydrogen) atoms. The predicted octanol–water partition coefficient (Wildman–Crippen LogP) is 0.559. The van der Waals surface area contributed by atoms with Crippen molar-refractivity contribution in [2.75, 3.05) is 0 Å². The molecule has 0 N–H and O–H groups in total. The maximum Gasteiger partial charge on any atom is 0.330 e. The summed E-state index contributed by atoms with van der Waals surface area (Å²) >= 11 is 0. The van der Waals surface area contributed by atoms with Crippen LogP contribution in [0.15, 0.2) is 12.7 Å². The molecule has 2 rings (SSSR count). The molecule has 84 valence electrons. The maximum absolute atomic E-state index is 11.3. The van der Waals surface area contributed by atoms with Crippen molar-refractivity contribution in [3.63, 3.8) is 0 Å². The van der Waals surface area contributed by atoms with Crippen LogP contribution in [-0.2, 0) is 19.1 Å². The zero-order valence-electron chi connectivity index (χ0n) is 8.59. The molecule has 1 saturated heterocycles. The first-order chi connectivity index (χ1) is 7.65. The Morgan fingerprint density at radius 3 is 3.00 bits per heavy atom. The molecule has 1 saturated carbocycles. The van der Waals surface area contributed by atoms with Gasteiger partial charge in [0.05, 0.1) is 17.9 Å². The topological polar surface area (TPSA) is 76.4 Å². The number of carbonyl (C=O) groups excluding carboxylic acids is 2. The van der Waals surface area contributed by atoms with E-state index in [-0.39, 0.29) is 11.9 Å². The molecule has 4 atom stereocenters. The smallest absolute Gasteiger partial charge is 0.330 e. The van der Waals surface area contributed by atoms with Gasteiger partial charge in [0, 0.05) is 12.5 Å². The molecule has 2 bridgehead atoms. The number of ether oxygens (including phenoxy) is 2. The molecule has 0 spiro atoms. The summed E-state index contributed by atoms with van der Waals surface area (Å²) in [7, 11) is 0. The summed E-state index contributed by atoms with van der Waals surface area (Å²) in [4.78, 5) is 22.4. The van der Waals surface area contributed by atoms with Crippen LogP contribution < -0.4 is 0 Å². The van der Waals surface area contributed by atoms with Crippen molar-refractivity contribution in [3.05, 3.63) is 12.7 Å². The lowest BCUT2D eigenvalue weighted by Gasteiger charge is -2.28. The van der Waals surface area contributed by atoms with Crippen LogP contribution in [0.4, 0.5) is 0 Å². The molecular weight excluding hydrogens is 210 g/mol. The van der Waals surface area contributed by atoms with Gasteiger partial charge in [-0.2, -0.15) is 5.26 Å². The molecule has 1 aliphatic heterocycles. The minimum absolute atomic E-state index is 0.215. The van der Waals surface area contributed by atoms with Gasteiger partial charge in [0.2, 0.25) is 0 Å². The molecule has 0 aromatic rings. The summed E-state index contributed by atoms with van der Waals surface area (Å²) in [5.74, 6) is -1.57. The first-order valence-electron chi connectivity index (χ1n) is 5.09. The Morgan fingerprint density at radius 2 is 2.38 bits per heavy atom. The minimum atomic E-state index is -0.654. The Labute approximate surface area is 92.6 Å². The number of esters is 2. The Morgan fingerprint density at radius 1 is 1.62 bits per heavy atom. The largest absolute Gasteiger partial charge is 0.458 e. The van der Waals surface area contributed by atoms with Gasteiger partial charge in [-0.25, -0.2) is 4.79 Å². The lowest BCUT2D eigenvalue weighted by Crippen LogP contribution is -2.39. The van der Waals surface area contributed by atoms with Gasteiger partial charge in [0.15, 0.2) is 6.10 Å². The van der Waals surface area contributed by atoms with Crippen molar-refractivity contribution in [2.24, 2.45) is 11.8 Å². The number of nitrogens with zero attached hydrogens (tertiary/aromatic N) is 1. The average molecular weight is 221 g/mol. The van der Waals surface area contributed by atoms with Crippen LogP contribution in [0.5, 0.6) is 0 Å². The minimum Gasteiger partial charge on any atom is -0.458 e. The Kier molecular flexibility index (Phi) is 2.65. The highest BCUT2D eigenvalue weighted by Crippen LogP contribution is 2.39. The standard InChI is InChI=1S/C11H11NO4/c1-2-9(13)16-10-7(5-12)3-6-4-8(10)15-11(6)14/h2,6-8,10H,1,3-4H2. The van der Waals surface area contributed by atoms with E-state index in [9.17, 15) is 9.59 Å². The molecule has 0 radical (unpaired) electrons. The Hall–Kier alpha value is -1.83. The van der Waals surface area contributed by atoms with E-state index in [2.05, 4.69) is 12.6 Å². The van der Waals surface area contributed by atoms with Gasteiger partial charge >= 0.3 is 11.9 Å². The monoisotopic (exact) mass is 221 g/mol. The molecule has 1 aliphatic carbocycles. The fourth-order valence-corrected chi connectivity index (χ4v) is 2.23. The third-order valence-corrected chi connectivity index (χ3v) is 3.00. The van der Waals surface area contributed by atoms with Gasteiger partial charge < -0.3 is 9.47 Å². The average Bonchev–Trinajstić information content (AvgIpc) is 2.59. The lowest BCUT2D eigenvalue weighted by atomic mass is 9.80. The molecule has 4 unspecified atom stereocenters. The van der Waals surface area contributed by atoms with E-state index in [0.29, 0.717) is 12.8 Å². The van der Waals surface area contributed by atoms with E-state index >= 15 is 0 Å². The first-order valence-corrected chi connectivity index (χ1v) is 5.09. The van der Waals surface area contributed by atoms with Crippen molar-refractivity contribution >= 4 is 11.9 Å². The van der Waals surface area contributed by atoms with Gasteiger partial charge in [-0.15, -0.1) is 0 Å². The van der Waals surface area contributed by atoms with E-state index < -0.39 is 24.1 Å². The Bertz CT molecular complexity index is 384. The van der Waals surface area contributed by atoms with Crippen molar-refractivity contribution < 1.29 is 19.1 Å². The van der Waals surface area contributed by atoms with Gasteiger partial charge in [-0.1, -0.05) is 6.58 Å². The SMILES string of the molecule is C=CC(=O)OC1C(C#N)CC2CC1OC2=O. The Balaban J connectivity index is 2.15. The molecule has 5 nitrogen and oxygen atoms in total. The molecule has 2 aliphatic rings. The van der Waals surface area contributed by atoms with Gasteiger partial charge in [0.1, 0.15) is 6.10 Å². The second kappa shape index (κ2) is 3.97. The molecule has 2 fully saturated rings. The van der Waals surface area contributed by atoms with Crippen LogP contribution in [0, 0.1) is 23.2 Å². The fourth-order valence-electron chi connectivity index (χ4n) is 2.23. The highest BCUT2D eigenvalue weighted by atomic mass is 16.6. The number of fused-ring (bicyclic) bond motifs is 2. The summed E-state index contributed by atoms with van der Waals surface area (Å²) in [6.45, 7) is 3.29.